The molecule has 2 aromatic rings. The van der Waals surface area contributed by atoms with Crippen LogP contribution in [0, 0.1) is 0 Å². The lowest BCUT2D eigenvalue weighted by molar-refractivity contribution is -0.118. The molecule has 2 heterocycles. The van der Waals surface area contributed by atoms with Crippen molar-refractivity contribution in [3.05, 3.63) is 42.2 Å². The van der Waals surface area contributed by atoms with Gasteiger partial charge in [-0.05, 0) is 32.4 Å². The van der Waals surface area contributed by atoms with Gasteiger partial charge in [0.15, 0.2) is 0 Å². The molecule has 0 aliphatic carbocycles. The van der Waals surface area contributed by atoms with Gasteiger partial charge in [-0.1, -0.05) is 12.1 Å². The van der Waals surface area contributed by atoms with Crippen molar-refractivity contribution < 1.29 is 9.59 Å². The number of amides is 2. The summed E-state index contributed by atoms with van der Waals surface area (Å²) in [6, 6.07) is 7.70. The second-order valence-electron chi connectivity index (χ2n) is 7.24. The zero-order valence-electron chi connectivity index (χ0n) is 16.2. The van der Waals surface area contributed by atoms with Crippen LogP contribution >= 0.6 is 0 Å². The molecule has 1 N–H and O–H groups in total. The lowest BCUT2D eigenvalue weighted by atomic mass is 10.2. The third kappa shape index (κ3) is 4.74. The van der Waals surface area contributed by atoms with E-state index in [-0.39, 0.29) is 24.4 Å². The van der Waals surface area contributed by atoms with Crippen LogP contribution in [0.3, 0.4) is 0 Å². The maximum absolute atomic E-state index is 12.7. The first kappa shape index (κ1) is 19.1. The molecule has 1 aromatic heterocycles. The zero-order chi connectivity index (χ0) is 19.4. The molecular formula is C20H27N5O2. The molecule has 3 rings (SSSR count). The molecule has 7 nitrogen and oxygen atoms in total. The minimum atomic E-state index is -0.0910. The molecule has 0 unspecified atom stereocenters. The van der Waals surface area contributed by atoms with Gasteiger partial charge >= 0.3 is 0 Å². The topological polar surface area (TPSA) is 70.5 Å². The van der Waals surface area contributed by atoms with Gasteiger partial charge in [0.25, 0.3) is 0 Å². The number of anilines is 2. The quantitative estimate of drug-likeness (QED) is 0.814. The minimum absolute atomic E-state index is 0.0910. The average molecular weight is 369 g/mol. The Morgan fingerprint density at radius 2 is 2.11 bits per heavy atom. The van der Waals surface area contributed by atoms with Crippen molar-refractivity contribution in [2.45, 2.75) is 39.3 Å². The molecule has 1 aliphatic rings. The molecule has 0 bridgehead atoms. The average Bonchev–Trinajstić information content (AvgIpc) is 3.23. The number of nitrogens with zero attached hydrogens (tertiary/aromatic N) is 4. The second-order valence-corrected chi connectivity index (χ2v) is 7.24. The van der Waals surface area contributed by atoms with Crippen molar-refractivity contribution in [1.82, 2.24) is 14.7 Å². The highest BCUT2D eigenvalue weighted by atomic mass is 16.2. The minimum Gasteiger partial charge on any atom is -0.323 e. The van der Waals surface area contributed by atoms with Gasteiger partial charge in [-0.2, -0.15) is 5.10 Å². The number of nitrogens with one attached hydrogen (secondary N) is 1. The molecular weight excluding hydrogens is 342 g/mol. The van der Waals surface area contributed by atoms with E-state index in [0.717, 1.165) is 17.7 Å². The summed E-state index contributed by atoms with van der Waals surface area (Å²) in [6.07, 6.45) is 5.20. The number of carbonyl (C=O) groups is 2. The molecule has 1 aromatic carbocycles. The largest absolute Gasteiger partial charge is 0.323 e. The molecule has 27 heavy (non-hydrogen) atoms. The fourth-order valence-electron chi connectivity index (χ4n) is 3.30. The molecule has 0 radical (unpaired) electrons. The highest BCUT2D eigenvalue weighted by molar-refractivity contribution is 6.02. The van der Waals surface area contributed by atoms with Crippen LogP contribution in [-0.2, 0) is 23.2 Å². The number of benzene rings is 1. The van der Waals surface area contributed by atoms with Crippen LogP contribution in [0.1, 0.15) is 32.3 Å². The van der Waals surface area contributed by atoms with Crippen LogP contribution in [0.4, 0.5) is 11.4 Å². The van der Waals surface area contributed by atoms with Crippen molar-refractivity contribution in [3.63, 3.8) is 0 Å². The van der Waals surface area contributed by atoms with Crippen molar-refractivity contribution in [3.8, 4) is 0 Å². The van der Waals surface area contributed by atoms with Crippen LogP contribution < -0.4 is 10.2 Å². The van der Waals surface area contributed by atoms with E-state index in [9.17, 15) is 9.59 Å². The van der Waals surface area contributed by atoms with E-state index in [1.54, 1.807) is 9.58 Å². The summed E-state index contributed by atoms with van der Waals surface area (Å²) in [5.74, 6) is 0.0174. The van der Waals surface area contributed by atoms with Gasteiger partial charge in [-0.3, -0.25) is 19.2 Å². The molecule has 0 saturated carbocycles. The fourth-order valence-corrected chi connectivity index (χ4v) is 3.30. The predicted octanol–water partition coefficient (Wildman–Crippen LogP) is 2.40. The summed E-state index contributed by atoms with van der Waals surface area (Å²) in [4.78, 5) is 28.6. The Labute approximate surface area is 159 Å². The van der Waals surface area contributed by atoms with Gasteiger partial charge in [-0.15, -0.1) is 0 Å². The SMILES string of the molecule is CC(C)N(CC(=O)Nc1ccccc1N1CCCC1=O)Cc1cnn(C)c1. The molecule has 1 aliphatic heterocycles. The Bertz CT molecular complexity index is 814. The predicted molar refractivity (Wildman–Crippen MR) is 105 cm³/mol. The van der Waals surface area contributed by atoms with Gasteiger partial charge < -0.3 is 10.2 Å². The Balaban J connectivity index is 1.68. The zero-order valence-corrected chi connectivity index (χ0v) is 16.2. The van der Waals surface area contributed by atoms with Crippen LogP contribution in [0.25, 0.3) is 0 Å². The number of para-hydroxylation sites is 2. The molecule has 0 atom stereocenters. The summed E-state index contributed by atoms with van der Waals surface area (Å²) in [5, 5.41) is 7.18. The first-order chi connectivity index (χ1) is 12.9. The number of hydrogen-bond donors (Lipinski definition) is 1. The van der Waals surface area contributed by atoms with E-state index >= 15 is 0 Å². The number of aryl methyl sites for hydroxylation is 1. The molecule has 2 amide bonds. The van der Waals surface area contributed by atoms with E-state index in [1.165, 1.54) is 0 Å². The van der Waals surface area contributed by atoms with Crippen molar-refractivity contribution in [2.75, 3.05) is 23.3 Å². The molecule has 144 valence electrons. The molecule has 7 heteroatoms. The number of hydrogen-bond acceptors (Lipinski definition) is 4. The van der Waals surface area contributed by atoms with Crippen LogP contribution in [0.5, 0.6) is 0 Å². The van der Waals surface area contributed by atoms with Crippen LogP contribution in [0.15, 0.2) is 36.7 Å². The van der Waals surface area contributed by atoms with Crippen molar-refractivity contribution in [1.29, 1.82) is 0 Å². The molecule has 0 spiro atoms. The summed E-state index contributed by atoms with van der Waals surface area (Å²) < 4.78 is 1.76. The van der Waals surface area contributed by atoms with Crippen LogP contribution in [-0.4, -0.2) is 45.6 Å². The van der Waals surface area contributed by atoms with Gasteiger partial charge in [0.05, 0.1) is 24.1 Å². The molecule has 1 saturated heterocycles. The van der Waals surface area contributed by atoms with Crippen molar-refractivity contribution in [2.24, 2.45) is 7.05 Å². The van der Waals surface area contributed by atoms with E-state index in [1.807, 2.05) is 43.7 Å². The lowest BCUT2D eigenvalue weighted by Crippen LogP contribution is -2.37. The Hall–Kier alpha value is -2.67. The lowest BCUT2D eigenvalue weighted by Gasteiger charge is -2.26. The van der Waals surface area contributed by atoms with E-state index in [2.05, 4.69) is 29.2 Å². The Morgan fingerprint density at radius 3 is 2.74 bits per heavy atom. The van der Waals surface area contributed by atoms with E-state index in [0.29, 0.717) is 25.2 Å². The Morgan fingerprint density at radius 1 is 1.33 bits per heavy atom. The van der Waals surface area contributed by atoms with E-state index < -0.39 is 0 Å². The summed E-state index contributed by atoms with van der Waals surface area (Å²) in [7, 11) is 1.88. The number of carbonyl (C=O) groups excluding carboxylic acids is 2. The standard InChI is InChI=1S/C20H27N5O2/c1-15(2)24(13-16-11-21-23(3)12-16)14-19(26)22-17-7-4-5-8-18(17)25-10-6-9-20(25)27/h4-5,7-8,11-12,15H,6,9-10,13-14H2,1-3H3,(H,22,26). The molecule has 1 fully saturated rings. The summed E-state index contributed by atoms with van der Waals surface area (Å²) in [5.41, 5.74) is 2.53. The van der Waals surface area contributed by atoms with Gasteiger partial charge in [0.2, 0.25) is 11.8 Å². The Kier molecular flexibility index (Phi) is 5.91. The number of rotatable bonds is 7. The maximum atomic E-state index is 12.7. The summed E-state index contributed by atoms with van der Waals surface area (Å²) >= 11 is 0. The summed E-state index contributed by atoms with van der Waals surface area (Å²) in [6.45, 7) is 5.77. The fraction of sp³-hybridized carbons (Fsp3) is 0.450. The van der Waals surface area contributed by atoms with E-state index in [4.69, 9.17) is 0 Å². The first-order valence-electron chi connectivity index (χ1n) is 9.35. The number of aromatic nitrogens is 2. The first-order valence-corrected chi connectivity index (χ1v) is 9.35. The third-order valence-electron chi connectivity index (χ3n) is 4.76. The highest BCUT2D eigenvalue weighted by Crippen LogP contribution is 2.29. The van der Waals surface area contributed by atoms with Gasteiger partial charge in [0, 0.05) is 44.4 Å². The normalized spacial score (nSPS) is 14.4. The second kappa shape index (κ2) is 8.35. The van der Waals surface area contributed by atoms with Gasteiger partial charge in [-0.25, -0.2) is 0 Å². The van der Waals surface area contributed by atoms with Crippen LogP contribution in [0.2, 0.25) is 0 Å². The van der Waals surface area contributed by atoms with Gasteiger partial charge in [0.1, 0.15) is 0 Å². The maximum Gasteiger partial charge on any atom is 0.238 e. The van der Waals surface area contributed by atoms with Crippen molar-refractivity contribution >= 4 is 23.2 Å². The highest BCUT2D eigenvalue weighted by Gasteiger charge is 2.24. The smallest absolute Gasteiger partial charge is 0.238 e. The monoisotopic (exact) mass is 369 g/mol. The third-order valence-corrected chi connectivity index (χ3v) is 4.76.